The Morgan fingerprint density at radius 2 is 2.11 bits per heavy atom. The van der Waals surface area contributed by atoms with Crippen LogP contribution in [0.4, 0.5) is 5.69 Å². The number of aromatic nitrogens is 2. The van der Waals surface area contributed by atoms with Crippen molar-refractivity contribution in [2.75, 3.05) is 12.3 Å². The van der Waals surface area contributed by atoms with Crippen molar-refractivity contribution in [3.63, 3.8) is 0 Å². The predicted octanol–water partition coefficient (Wildman–Crippen LogP) is 0.215. The highest BCUT2D eigenvalue weighted by Crippen LogP contribution is 2.14. The van der Waals surface area contributed by atoms with Gasteiger partial charge in [0.2, 0.25) is 5.91 Å². The second-order valence-corrected chi connectivity index (χ2v) is 4.76. The molecule has 4 N–H and O–H groups in total. The Balaban J connectivity index is 2.62. The van der Waals surface area contributed by atoms with Crippen molar-refractivity contribution >= 4 is 11.6 Å². The molecule has 2 unspecified atom stereocenters. The smallest absolute Gasteiger partial charge is 0.241 e. The summed E-state index contributed by atoms with van der Waals surface area (Å²) in [5, 5.41) is 16.0. The molecule has 0 fully saturated rings. The summed E-state index contributed by atoms with van der Waals surface area (Å²) in [6.45, 7) is 7.59. The molecule has 1 heterocycles. The molecule has 1 amide bonds. The molecule has 0 aliphatic rings. The van der Waals surface area contributed by atoms with E-state index in [9.17, 15) is 4.79 Å². The zero-order valence-electron chi connectivity index (χ0n) is 11.4. The highest BCUT2D eigenvalue weighted by atomic mass is 16.3. The van der Waals surface area contributed by atoms with Crippen LogP contribution in [0.25, 0.3) is 0 Å². The van der Waals surface area contributed by atoms with Crippen molar-refractivity contribution in [2.45, 2.75) is 40.3 Å². The highest BCUT2D eigenvalue weighted by molar-refractivity contribution is 5.76. The minimum absolute atomic E-state index is 0.0273. The number of hydrogen-bond donors (Lipinski definition) is 3. The molecule has 0 aromatic carbocycles. The van der Waals surface area contributed by atoms with Gasteiger partial charge in [0, 0.05) is 12.6 Å². The van der Waals surface area contributed by atoms with Gasteiger partial charge in [-0.2, -0.15) is 5.10 Å². The normalized spacial score (nSPS) is 14.3. The fourth-order valence-electron chi connectivity index (χ4n) is 1.60. The fraction of sp³-hybridized carbons (Fsp3) is 0.667. The van der Waals surface area contributed by atoms with Crippen molar-refractivity contribution in [1.82, 2.24) is 15.1 Å². The van der Waals surface area contributed by atoms with Gasteiger partial charge < -0.3 is 16.2 Å². The molecule has 0 spiro atoms. The van der Waals surface area contributed by atoms with Crippen molar-refractivity contribution < 1.29 is 9.90 Å². The van der Waals surface area contributed by atoms with E-state index in [2.05, 4.69) is 10.4 Å². The van der Waals surface area contributed by atoms with Crippen LogP contribution in [-0.4, -0.2) is 33.4 Å². The van der Waals surface area contributed by atoms with Crippen LogP contribution in [0.2, 0.25) is 0 Å². The van der Waals surface area contributed by atoms with E-state index in [1.54, 1.807) is 4.68 Å². The van der Waals surface area contributed by atoms with E-state index < -0.39 is 0 Å². The van der Waals surface area contributed by atoms with Crippen LogP contribution < -0.4 is 11.1 Å². The van der Waals surface area contributed by atoms with Crippen LogP contribution in [-0.2, 0) is 11.3 Å². The molecule has 18 heavy (non-hydrogen) atoms. The number of aliphatic hydroxyl groups is 1. The molecule has 0 aliphatic heterocycles. The average Bonchev–Trinajstić information content (AvgIpc) is 2.55. The van der Waals surface area contributed by atoms with E-state index in [0.717, 1.165) is 11.4 Å². The van der Waals surface area contributed by atoms with Gasteiger partial charge in [0.05, 0.1) is 17.1 Å². The molecule has 0 bridgehead atoms. The van der Waals surface area contributed by atoms with E-state index in [4.69, 9.17) is 10.8 Å². The Bertz CT molecular complexity index is 428. The standard InChI is InChI=1S/C12H22N4O2/c1-7(6-17)8(2)14-11(18)5-16-10(4)12(13)9(3)15-16/h7-8,17H,5-6,13H2,1-4H3,(H,14,18). The lowest BCUT2D eigenvalue weighted by Gasteiger charge is -2.19. The summed E-state index contributed by atoms with van der Waals surface area (Å²) in [5.41, 5.74) is 7.96. The Morgan fingerprint density at radius 3 is 2.56 bits per heavy atom. The van der Waals surface area contributed by atoms with Crippen LogP contribution in [0.15, 0.2) is 0 Å². The minimum Gasteiger partial charge on any atom is -0.396 e. The second-order valence-electron chi connectivity index (χ2n) is 4.76. The van der Waals surface area contributed by atoms with E-state index >= 15 is 0 Å². The van der Waals surface area contributed by atoms with Gasteiger partial charge in [-0.25, -0.2) is 0 Å². The number of aryl methyl sites for hydroxylation is 1. The topological polar surface area (TPSA) is 93.2 Å². The first-order valence-electron chi connectivity index (χ1n) is 6.06. The van der Waals surface area contributed by atoms with Crippen molar-refractivity contribution in [1.29, 1.82) is 0 Å². The number of rotatable bonds is 5. The minimum atomic E-state index is -0.131. The third kappa shape index (κ3) is 3.22. The number of nitrogen functional groups attached to an aromatic ring is 1. The van der Waals surface area contributed by atoms with Gasteiger partial charge in [0.1, 0.15) is 6.54 Å². The average molecular weight is 254 g/mol. The summed E-state index contributed by atoms with van der Waals surface area (Å²) >= 11 is 0. The number of aliphatic hydroxyl groups excluding tert-OH is 1. The van der Waals surface area contributed by atoms with Gasteiger partial charge in [-0.3, -0.25) is 9.48 Å². The van der Waals surface area contributed by atoms with Crippen molar-refractivity contribution in [3.8, 4) is 0 Å². The summed E-state index contributed by atoms with van der Waals surface area (Å²) in [6.07, 6.45) is 0. The van der Waals surface area contributed by atoms with Crippen LogP contribution in [0.1, 0.15) is 25.2 Å². The van der Waals surface area contributed by atoms with Crippen LogP contribution in [0, 0.1) is 19.8 Å². The van der Waals surface area contributed by atoms with Crippen molar-refractivity contribution in [3.05, 3.63) is 11.4 Å². The SMILES string of the molecule is Cc1nn(CC(=O)NC(C)C(C)CO)c(C)c1N. The highest BCUT2D eigenvalue weighted by Gasteiger charge is 2.16. The molecule has 6 heteroatoms. The number of carbonyl (C=O) groups is 1. The van der Waals surface area contributed by atoms with E-state index in [1.807, 2.05) is 27.7 Å². The second kappa shape index (κ2) is 5.86. The van der Waals surface area contributed by atoms with E-state index in [-0.39, 0.29) is 31.0 Å². The first kappa shape index (κ1) is 14.5. The summed E-state index contributed by atoms with van der Waals surface area (Å²) in [4.78, 5) is 11.8. The first-order valence-corrected chi connectivity index (χ1v) is 6.06. The monoisotopic (exact) mass is 254 g/mol. The molecule has 6 nitrogen and oxygen atoms in total. The van der Waals surface area contributed by atoms with Gasteiger partial charge in [-0.1, -0.05) is 6.92 Å². The zero-order valence-corrected chi connectivity index (χ0v) is 11.4. The molecule has 102 valence electrons. The molecule has 1 rings (SSSR count). The van der Waals surface area contributed by atoms with Crippen molar-refractivity contribution in [2.24, 2.45) is 5.92 Å². The van der Waals surface area contributed by atoms with Gasteiger partial charge in [-0.05, 0) is 26.7 Å². The number of nitrogens with two attached hydrogens (primary N) is 1. The zero-order chi connectivity index (χ0) is 13.9. The number of carbonyl (C=O) groups excluding carboxylic acids is 1. The molecule has 2 atom stereocenters. The first-order chi connectivity index (χ1) is 8.36. The van der Waals surface area contributed by atoms with Gasteiger partial charge in [0.25, 0.3) is 0 Å². The Morgan fingerprint density at radius 1 is 1.50 bits per heavy atom. The third-order valence-electron chi connectivity index (χ3n) is 3.26. The predicted molar refractivity (Wildman–Crippen MR) is 70.0 cm³/mol. The number of hydrogen-bond acceptors (Lipinski definition) is 4. The van der Waals surface area contributed by atoms with Crippen LogP contribution in [0.5, 0.6) is 0 Å². The third-order valence-corrected chi connectivity index (χ3v) is 3.26. The lowest BCUT2D eigenvalue weighted by molar-refractivity contribution is -0.122. The number of nitrogens with one attached hydrogen (secondary N) is 1. The summed E-state index contributed by atoms with van der Waals surface area (Å²) in [6, 6.07) is -0.0724. The molecular formula is C12H22N4O2. The van der Waals surface area contributed by atoms with E-state index in [1.165, 1.54) is 0 Å². The quantitative estimate of drug-likeness (QED) is 0.700. The maximum atomic E-state index is 11.8. The van der Waals surface area contributed by atoms with E-state index in [0.29, 0.717) is 5.69 Å². The summed E-state index contributed by atoms with van der Waals surface area (Å²) < 4.78 is 1.59. The maximum absolute atomic E-state index is 11.8. The maximum Gasteiger partial charge on any atom is 0.241 e. The molecule has 1 aromatic rings. The lowest BCUT2D eigenvalue weighted by atomic mass is 10.1. The molecule has 0 saturated heterocycles. The van der Waals surface area contributed by atoms with Crippen LogP contribution >= 0.6 is 0 Å². The summed E-state index contributed by atoms with van der Waals surface area (Å²) in [7, 11) is 0. The Labute approximate surface area is 107 Å². The van der Waals surface area contributed by atoms with Gasteiger partial charge in [-0.15, -0.1) is 0 Å². The molecular weight excluding hydrogens is 232 g/mol. The summed E-state index contributed by atoms with van der Waals surface area (Å²) in [5.74, 6) is -0.104. The Hall–Kier alpha value is -1.56. The number of amides is 1. The largest absolute Gasteiger partial charge is 0.396 e. The molecule has 0 aliphatic carbocycles. The fourth-order valence-corrected chi connectivity index (χ4v) is 1.60. The van der Waals surface area contributed by atoms with Gasteiger partial charge >= 0.3 is 0 Å². The molecule has 0 radical (unpaired) electrons. The lowest BCUT2D eigenvalue weighted by Crippen LogP contribution is -2.40. The Kier molecular flexibility index (Phi) is 4.72. The molecule has 0 saturated carbocycles. The van der Waals surface area contributed by atoms with Crippen LogP contribution in [0.3, 0.4) is 0 Å². The number of nitrogens with zero attached hydrogens (tertiary/aromatic N) is 2. The van der Waals surface area contributed by atoms with Gasteiger partial charge in [0.15, 0.2) is 0 Å². The molecule has 1 aromatic heterocycles. The number of anilines is 1.